The molecule has 0 saturated carbocycles. The van der Waals surface area contributed by atoms with Gasteiger partial charge in [-0.15, -0.1) is 0 Å². The number of primary amides is 1. The van der Waals surface area contributed by atoms with E-state index in [2.05, 4.69) is 35.8 Å². The second-order valence-electron chi connectivity index (χ2n) is 7.00. The van der Waals surface area contributed by atoms with Crippen molar-refractivity contribution in [3.05, 3.63) is 41.0 Å². The zero-order valence-corrected chi connectivity index (χ0v) is 17.0. The van der Waals surface area contributed by atoms with Gasteiger partial charge in [0.25, 0.3) is 0 Å². The number of aromatic nitrogens is 3. The van der Waals surface area contributed by atoms with E-state index < -0.39 is 0 Å². The molecule has 1 saturated heterocycles. The number of fused-ring (bicyclic) bond motifs is 1. The number of nitrogens with two attached hydrogens (primary N) is 1. The van der Waals surface area contributed by atoms with E-state index in [0.717, 1.165) is 65.2 Å². The summed E-state index contributed by atoms with van der Waals surface area (Å²) in [4.78, 5) is 25.7. The maximum Gasteiger partial charge on any atom is 0.220 e. The van der Waals surface area contributed by atoms with Crippen molar-refractivity contribution < 1.29 is 9.53 Å². The van der Waals surface area contributed by atoms with Crippen LogP contribution in [0.15, 0.2) is 41.0 Å². The minimum Gasteiger partial charge on any atom is -0.492 e. The molecule has 3 heterocycles. The lowest BCUT2D eigenvalue weighted by atomic mass is 9.96. The van der Waals surface area contributed by atoms with Crippen LogP contribution in [0.5, 0.6) is 5.75 Å². The zero-order chi connectivity index (χ0) is 19.5. The number of piperidine rings is 1. The molecule has 1 aliphatic rings. The highest BCUT2D eigenvalue weighted by Gasteiger charge is 2.22. The second kappa shape index (κ2) is 8.28. The Hall–Kier alpha value is -2.45. The summed E-state index contributed by atoms with van der Waals surface area (Å²) in [6.07, 6.45) is 3.43. The van der Waals surface area contributed by atoms with Crippen LogP contribution >= 0.6 is 15.9 Å². The van der Waals surface area contributed by atoms with Gasteiger partial charge in [0.15, 0.2) is 5.65 Å². The summed E-state index contributed by atoms with van der Waals surface area (Å²) in [7, 11) is 0. The van der Waals surface area contributed by atoms with Gasteiger partial charge in [0.05, 0.1) is 0 Å². The normalized spacial score (nSPS) is 15.8. The number of ether oxygens (including phenoxy) is 1. The molecule has 0 aliphatic carbocycles. The van der Waals surface area contributed by atoms with Gasteiger partial charge in [-0.05, 0) is 72.2 Å². The number of hydrogen-bond acceptors (Lipinski definition) is 5. The van der Waals surface area contributed by atoms with Gasteiger partial charge in [0, 0.05) is 28.7 Å². The van der Waals surface area contributed by atoms with Crippen LogP contribution in [-0.4, -0.2) is 52.0 Å². The molecule has 28 heavy (non-hydrogen) atoms. The quantitative estimate of drug-likeness (QED) is 0.610. The van der Waals surface area contributed by atoms with Crippen molar-refractivity contribution in [2.75, 3.05) is 26.2 Å². The third-order valence-electron chi connectivity index (χ3n) is 5.10. The van der Waals surface area contributed by atoms with Crippen molar-refractivity contribution >= 4 is 33.0 Å². The van der Waals surface area contributed by atoms with E-state index in [1.165, 1.54) is 0 Å². The van der Waals surface area contributed by atoms with E-state index in [1.807, 2.05) is 30.3 Å². The summed E-state index contributed by atoms with van der Waals surface area (Å²) in [5.41, 5.74) is 7.95. The summed E-state index contributed by atoms with van der Waals surface area (Å²) >= 11 is 3.41. The number of pyridine rings is 1. The first-order chi connectivity index (χ1) is 13.6. The van der Waals surface area contributed by atoms with Crippen molar-refractivity contribution in [3.8, 4) is 17.1 Å². The van der Waals surface area contributed by atoms with E-state index in [-0.39, 0.29) is 11.8 Å². The van der Waals surface area contributed by atoms with Crippen LogP contribution in [0.4, 0.5) is 0 Å². The number of nitrogens with zero attached hydrogens (tertiary/aromatic N) is 3. The van der Waals surface area contributed by atoms with Crippen LogP contribution in [0.2, 0.25) is 0 Å². The van der Waals surface area contributed by atoms with Gasteiger partial charge in [-0.2, -0.15) is 0 Å². The van der Waals surface area contributed by atoms with Crippen LogP contribution in [0.25, 0.3) is 22.6 Å². The predicted molar refractivity (Wildman–Crippen MR) is 111 cm³/mol. The highest BCUT2D eigenvalue weighted by molar-refractivity contribution is 9.10. The fourth-order valence-corrected chi connectivity index (χ4v) is 3.77. The Kier molecular flexibility index (Phi) is 5.59. The average Bonchev–Trinajstić information content (AvgIpc) is 3.12. The fourth-order valence-electron chi connectivity index (χ4n) is 3.45. The SMILES string of the molecule is NC(=O)C1CCN(CCOc2ccc(-c3nc4cc(Br)cnc4[nH]3)cc2)CC1. The van der Waals surface area contributed by atoms with Gasteiger partial charge in [-0.25, -0.2) is 9.97 Å². The molecule has 146 valence electrons. The van der Waals surface area contributed by atoms with Crippen LogP contribution in [0, 0.1) is 5.92 Å². The van der Waals surface area contributed by atoms with Gasteiger partial charge in [-0.1, -0.05) is 0 Å². The molecule has 0 bridgehead atoms. The number of H-pyrrole nitrogens is 1. The number of amides is 1. The number of imidazole rings is 1. The van der Waals surface area contributed by atoms with E-state index >= 15 is 0 Å². The molecular formula is C20H22BrN5O2. The molecule has 0 radical (unpaired) electrons. The van der Waals surface area contributed by atoms with Gasteiger partial charge >= 0.3 is 0 Å². The molecule has 1 amide bonds. The number of carbonyl (C=O) groups excluding carboxylic acids is 1. The standard InChI is InChI=1S/C20H22BrN5O2/c21-15-11-17-20(23-12-15)25-19(24-17)14-1-3-16(4-2-14)28-10-9-26-7-5-13(6-8-26)18(22)27/h1-4,11-13H,5-10H2,(H2,22,27)(H,23,24,25). The zero-order valence-electron chi connectivity index (χ0n) is 15.4. The largest absolute Gasteiger partial charge is 0.492 e. The number of aromatic amines is 1. The Morgan fingerprint density at radius 1 is 1.29 bits per heavy atom. The first-order valence-electron chi connectivity index (χ1n) is 9.34. The predicted octanol–water partition coefficient (Wildman–Crippen LogP) is 2.96. The van der Waals surface area contributed by atoms with E-state index in [1.54, 1.807) is 6.20 Å². The minimum atomic E-state index is -0.177. The van der Waals surface area contributed by atoms with Crippen LogP contribution < -0.4 is 10.5 Å². The molecule has 1 fully saturated rings. The van der Waals surface area contributed by atoms with Gasteiger partial charge < -0.3 is 15.5 Å². The lowest BCUT2D eigenvalue weighted by Crippen LogP contribution is -2.40. The Labute approximate surface area is 171 Å². The van der Waals surface area contributed by atoms with Crippen LogP contribution in [-0.2, 0) is 4.79 Å². The monoisotopic (exact) mass is 443 g/mol. The molecule has 1 aliphatic heterocycles. The Bertz CT molecular complexity index is 964. The van der Waals surface area contributed by atoms with Crippen LogP contribution in [0.1, 0.15) is 12.8 Å². The first kappa shape index (κ1) is 18.9. The first-order valence-corrected chi connectivity index (χ1v) is 10.1. The average molecular weight is 444 g/mol. The lowest BCUT2D eigenvalue weighted by Gasteiger charge is -2.30. The van der Waals surface area contributed by atoms with Crippen molar-refractivity contribution in [1.82, 2.24) is 19.9 Å². The highest BCUT2D eigenvalue weighted by Crippen LogP contribution is 2.23. The van der Waals surface area contributed by atoms with Gasteiger partial charge in [-0.3, -0.25) is 9.69 Å². The van der Waals surface area contributed by atoms with Crippen LogP contribution in [0.3, 0.4) is 0 Å². The molecule has 7 nitrogen and oxygen atoms in total. The molecule has 8 heteroatoms. The molecule has 0 spiro atoms. The van der Waals surface area contributed by atoms with E-state index in [9.17, 15) is 4.79 Å². The maximum absolute atomic E-state index is 11.2. The minimum absolute atomic E-state index is 0.0271. The Morgan fingerprint density at radius 2 is 2.04 bits per heavy atom. The number of benzene rings is 1. The highest BCUT2D eigenvalue weighted by atomic mass is 79.9. The van der Waals surface area contributed by atoms with E-state index in [4.69, 9.17) is 10.5 Å². The van der Waals surface area contributed by atoms with Crippen molar-refractivity contribution in [2.45, 2.75) is 12.8 Å². The molecule has 2 aromatic heterocycles. The van der Waals surface area contributed by atoms with E-state index in [0.29, 0.717) is 6.61 Å². The number of nitrogens with one attached hydrogen (secondary N) is 1. The number of likely N-dealkylation sites (tertiary alicyclic amines) is 1. The Balaban J connectivity index is 1.30. The van der Waals surface area contributed by atoms with Crippen molar-refractivity contribution in [1.29, 1.82) is 0 Å². The molecule has 3 N–H and O–H groups in total. The third-order valence-corrected chi connectivity index (χ3v) is 5.53. The number of rotatable bonds is 6. The molecule has 1 aromatic carbocycles. The topological polar surface area (TPSA) is 97.1 Å². The fraction of sp³-hybridized carbons (Fsp3) is 0.350. The van der Waals surface area contributed by atoms with Crippen molar-refractivity contribution in [3.63, 3.8) is 0 Å². The summed E-state index contributed by atoms with van der Waals surface area (Å²) in [5, 5.41) is 0. The Morgan fingerprint density at radius 3 is 2.75 bits per heavy atom. The third kappa shape index (κ3) is 4.34. The lowest BCUT2D eigenvalue weighted by molar-refractivity contribution is -0.123. The second-order valence-corrected chi connectivity index (χ2v) is 7.91. The number of carbonyl (C=O) groups is 1. The maximum atomic E-state index is 11.2. The summed E-state index contributed by atoms with van der Waals surface area (Å²) < 4.78 is 6.77. The molecule has 4 rings (SSSR count). The molecule has 0 atom stereocenters. The molecule has 0 unspecified atom stereocenters. The number of halogens is 1. The smallest absolute Gasteiger partial charge is 0.220 e. The number of hydrogen-bond donors (Lipinski definition) is 2. The van der Waals surface area contributed by atoms with Gasteiger partial charge in [0.2, 0.25) is 5.91 Å². The summed E-state index contributed by atoms with van der Waals surface area (Å²) in [6.45, 7) is 3.25. The summed E-state index contributed by atoms with van der Waals surface area (Å²) in [5.74, 6) is 1.46. The van der Waals surface area contributed by atoms with Crippen molar-refractivity contribution in [2.24, 2.45) is 11.7 Å². The summed E-state index contributed by atoms with van der Waals surface area (Å²) in [6, 6.07) is 9.81. The van der Waals surface area contributed by atoms with Gasteiger partial charge in [0.1, 0.15) is 23.7 Å². The molecular weight excluding hydrogens is 422 g/mol. The molecule has 3 aromatic rings.